The number of benzene rings is 2. The third-order valence-corrected chi connectivity index (χ3v) is 6.31. The number of nitrogens with one attached hydrogen (secondary N) is 3. The second-order valence-electron chi connectivity index (χ2n) is 6.67. The average molecular weight is 528 g/mol. The molecule has 0 bridgehead atoms. The van der Waals surface area contributed by atoms with Gasteiger partial charge in [0.2, 0.25) is 10.0 Å². The summed E-state index contributed by atoms with van der Waals surface area (Å²) in [6.45, 7) is 4.84. The van der Waals surface area contributed by atoms with E-state index in [0.717, 1.165) is 17.3 Å². The maximum atomic E-state index is 12.7. The van der Waals surface area contributed by atoms with Crippen LogP contribution in [0.5, 0.6) is 5.75 Å². The molecular weight excluding hydrogens is 502 g/mol. The highest BCUT2D eigenvalue weighted by atomic mass is 79.9. The smallest absolute Gasteiger partial charge is 0.261 e. The Kier molecular flexibility index (Phi) is 9.89. The predicted octanol–water partition coefficient (Wildman–Crippen LogP) is 4.44. The molecule has 0 fully saturated rings. The maximum absolute atomic E-state index is 12.7. The van der Waals surface area contributed by atoms with Crippen molar-refractivity contribution in [2.75, 3.05) is 18.5 Å². The molecular formula is C21H26BrN3O4S2. The van der Waals surface area contributed by atoms with Gasteiger partial charge < -0.3 is 10.1 Å². The van der Waals surface area contributed by atoms with Gasteiger partial charge in [0.1, 0.15) is 5.75 Å². The second kappa shape index (κ2) is 12.1. The van der Waals surface area contributed by atoms with Crippen LogP contribution in [0.15, 0.2) is 51.8 Å². The van der Waals surface area contributed by atoms with Crippen molar-refractivity contribution in [3.05, 3.63) is 52.5 Å². The third kappa shape index (κ3) is 7.88. The fourth-order valence-electron chi connectivity index (χ4n) is 2.50. The van der Waals surface area contributed by atoms with Gasteiger partial charge >= 0.3 is 0 Å². The molecule has 0 aliphatic rings. The molecule has 0 radical (unpaired) electrons. The summed E-state index contributed by atoms with van der Waals surface area (Å²) in [4.78, 5) is 12.9. The van der Waals surface area contributed by atoms with Crippen LogP contribution in [-0.2, 0) is 10.0 Å². The van der Waals surface area contributed by atoms with E-state index in [9.17, 15) is 13.2 Å². The first-order valence-electron chi connectivity index (χ1n) is 9.91. The van der Waals surface area contributed by atoms with E-state index in [2.05, 4.69) is 38.2 Å². The first-order chi connectivity index (χ1) is 14.8. The Morgan fingerprint density at radius 1 is 1.10 bits per heavy atom. The number of rotatable bonds is 10. The van der Waals surface area contributed by atoms with Crippen LogP contribution < -0.4 is 20.1 Å². The van der Waals surface area contributed by atoms with E-state index in [1.807, 2.05) is 6.92 Å². The summed E-state index contributed by atoms with van der Waals surface area (Å²) < 4.78 is 33.3. The van der Waals surface area contributed by atoms with E-state index < -0.39 is 15.9 Å². The van der Waals surface area contributed by atoms with Gasteiger partial charge in [-0.05, 0) is 67.5 Å². The monoisotopic (exact) mass is 527 g/mol. The number of unbranched alkanes of at least 4 members (excludes halogenated alkanes) is 1. The minimum absolute atomic E-state index is 0.0872. The van der Waals surface area contributed by atoms with E-state index in [1.54, 1.807) is 30.3 Å². The highest BCUT2D eigenvalue weighted by molar-refractivity contribution is 9.10. The number of ether oxygens (including phenoxy) is 1. The van der Waals surface area contributed by atoms with Gasteiger partial charge in [0.05, 0.1) is 17.1 Å². The molecule has 0 atom stereocenters. The van der Waals surface area contributed by atoms with E-state index in [0.29, 0.717) is 36.6 Å². The normalized spacial score (nSPS) is 11.1. The molecule has 0 aliphatic carbocycles. The van der Waals surface area contributed by atoms with Crippen LogP contribution in [0.2, 0.25) is 0 Å². The summed E-state index contributed by atoms with van der Waals surface area (Å²) in [6, 6.07) is 11.3. The predicted molar refractivity (Wildman–Crippen MR) is 130 cm³/mol. The molecule has 10 heteroatoms. The van der Waals surface area contributed by atoms with Crippen LogP contribution in [0, 0.1) is 0 Å². The fraction of sp³-hybridized carbons (Fsp3) is 0.333. The average Bonchev–Trinajstić information content (AvgIpc) is 2.73. The lowest BCUT2D eigenvalue weighted by molar-refractivity contribution is 0.0973. The minimum Gasteiger partial charge on any atom is -0.493 e. The molecule has 7 nitrogen and oxygen atoms in total. The highest BCUT2D eigenvalue weighted by Crippen LogP contribution is 2.23. The number of sulfonamides is 1. The van der Waals surface area contributed by atoms with Crippen molar-refractivity contribution < 1.29 is 17.9 Å². The molecule has 0 spiro atoms. The number of thiocarbonyl (C=S) groups is 1. The van der Waals surface area contributed by atoms with Gasteiger partial charge in [-0.25, -0.2) is 13.1 Å². The van der Waals surface area contributed by atoms with Crippen LogP contribution in [-0.4, -0.2) is 32.6 Å². The summed E-state index contributed by atoms with van der Waals surface area (Å²) in [6.07, 6.45) is 2.58. The number of halogens is 1. The molecule has 3 N–H and O–H groups in total. The van der Waals surface area contributed by atoms with Crippen molar-refractivity contribution >= 4 is 54.9 Å². The first kappa shape index (κ1) is 25.3. The van der Waals surface area contributed by atoms with Gasteiger partial charge in [-0.1, -0.05) is 36.2 Å². The topological polar surface area (TPSA) is 96.5 Å². The van der Waals surface area contributed by atoms with Gasteiger partial charge in [-0.15, -0.1) is 0 Å². The standard InChI is InChI=1S/C21H26BrN3O4S2/c1-3-5-13-29-19-11-6-15(22)14-18(19)20(26)25-21(30)24-16-7-9-17(10-8-16)31(27,28)23-12-4-2/h6-11,14,23H,3-5,12-13H2,1-2H3,(H2,24,25,26,30). The Morgan fingerprint density at radius 3 is 2.45 bits per heavy atom. The Labute approximate surface area is 197 Å². The Morgan fingerprint density at radius 2 is 1.81 bits per heavy atom. The van der Waals surface area contributed by atoms with Crippen molar-refractivity contribution in [1.82, 2.24) is 10.0 Å². The van der Waals surface area contributed by atoms with Gasteiger partial charge in [-0.2, -0.15) is 0 Å². The first-order valence-corrected chi connectivity index (χ1v) is 12.6. The molecule has 2 aromatic carbocycles. The Hall–Kier alpha value is -2.01. The zero-order valence-electron chi connectivity index (χ0n) is 17.4. The number of amides is 1. The second-order valence-corrected chi connectivity index (χ2v) is 9.76. The fourth-order valence-corrected chi connectivity index (χ4v) is 4.21. The summed E-state index contributed by atoms with van der Waals surface area (Å²) >= 11 is 8.60. The van der Waals surface area contributed by atoms with Gasteiger partial charge in [0.15, 0.2) is 5.11 Å². The SMILES string of the molecule is CCCCOc1ccc(Br)cc1C(=O)NC(=S)Nc1ccc(S(=O)(=O)NCCC)cc1. The lowest BCUT2D eigenvalue weighted by Gasteiger charge is -2.14. The van der Waals surface area contributed by atoms with Crippen LogP contribution in [0.1, 0.15) is 43.5 Å². The number of anilines is 1. The van der Waals surface area contributed by atoms with Crippen molar-refractivity contribution in [3.63, 3.8) is 0 Å². The quantitative estimate of drug-likeness (QED) is 0.312. The lowest BCUT2D eigenvalue weighted by Crippen LogP contribution is -2.34. The van der Waals surface area contributed by atoms with Crippen molar-refractivity contribution in [2.45, 2.75) is 38.0 Å². The van der Waals surface area contributed by atoms with Crippen LogP contribution in [0.3, 0.4) is 0 Å². The minimum atomic E-state index is -3.54. The van der Waals surface area contributed by atoms with Crippen LogP contribution in [0.25, 0.3) is 0 Å². The highest BCUT2D eigenvalue weighted by Gasteiger charge is 2.16. The van der Waals surface area contributed by atoms with Crippen LogP contribution in [0.4, 0.5) is 5.69 Å². The molecule has 0 aromatic heterocycles. The molecule has 0 heterocycles. The molecule has 1 amide bonds. The van der Waals surface area contributed by atoms with Gasteiger partial charge in [0, 0.05) is 16.7 Å². The molecule has 0 aliphatic heterocycles. The molecule has 0 saturated carbocycles. The molecule has 0 unspecified atom stereocenters. The summed E-state index contributed by atoms with van der Waals surface area (Å²) in [5, 5.41) is 5.60. The van der Waals surface area contributed by atoms with Gasteiger partial charge in [0.25, 0.3) is 5.91 Å². The summed E-state index contributed by atoms with van der Waals surface area (Å²) in [7, 11) is -3.54. The molecule has 168 valence electrons. The zero-order valence-corrected chi connectivity index (χ0v) is 20.6. The number of carbonyl (C=O) groups excluding carboxylic acids is 1. The Bertz CT molecular complexity index is 1010. The lowest BCUT2D eigenvalue weighted by atomic mass is 10.2. The molecule has 2 aromatic rings. The molecule has 31 heavy (non-hydrogen) atoms. The molecule has 0 saturated heterocycles. The van der Waals surface area contributed by atoms with E-state index >= 15 is 0 Å². The number of hydrogen-bond acceptors (Lipinski definition) is 5. The van der Waals surface area contributed by atoms with E-state index in [-0.39, 0.29) is 10.0 Å². The largest absolute Gasteiger partial charge is 0.493 e. The third-order valence-electron chi connectivity index (χ3n) is 4.13. The van der Waals surface area contributed by atoms with Crippen molar-refractivity contribution in [2.24, 2.45) is 0 Å². The summed E-state index contributed by atoms with van der Waals surface area (Å²) in [5.41, 5.74) is 0.909. The van der Waals surface area contributed by atoms with Crippen molar-refractivity contribution in [1.29, 1.82) is 0 Å². The molecule has 2 rings (SSSR count). The van der Waals surface area contributed by atoms with E-state index in [1.165, 1.54) is 12.1 Å². The zero-order chi connectivity index (χ0) is 22.9. The van der Waals surface area contributed by atoms with Crippen LogP contribution >= 0.6 is 28.1 Å². The number of hydrogen-bond donors (Lipinski definition) is 3. The summed E-state index contributed by atoms with van der Waals surface area (Å²) in [5.74, 6) is 0.0688. The van der Waals surface area contributed by atoms with E-state index in [4.69, 9.17) is 17.0 Å². The maximum Gasteiger partial charge on any atom is 0.261 e. The van der Waals surface area contributed by atoms with Gasteiger partial charge in [-0.3, -0.25) is 10.1 Å². The Balaban J connectivity index is 2.03. The van der Waals surface area contributed by atoms with Crippen molar-refractivity contribution in [3.8, 4) is 5.75 Å². The number of carbonyl (C=O) groups is 1.